The van der Waals surface area contributed by atoms with Crippen LogP contribution in [0, 0.1) is 6.92 Å². The Hall–Kier alpha value is -3.28. The molecule has 5 rings (SSSR count). The van der Waals surface area contributed by atoms with Gasteiger partial charge in [-0.3, -0.25) is 14.4 Å². The molecular formula is C30H40F3N5O4. The number of nitrogens with zero attached hydrogens (tertiary/aromatic N) is 5. The molecule has 0 N–H and O–H groups in total. The summed E-state index contributed by atoms with van der Waals surface area (Å²) in [6.45, 7) is -10.1. The molecular weight excluding hydrogens is 551 g/mol. The molecule has 9 nitrogen and oxygen atoms in total. The van der Waals surface area contributed by atoms with Gasteiger partial charge in [0.15, 0.2) is 0 Å². The minimum Gasteiger partial charge on any atom is -0.496 e. The van der Waals surface area contributed by atoms with Gasteiger partial charge in [0.2, 0.25) is 5.91 Å². The summed E-state index contributed by atoms with van der Waals surface area (Å²) in [5.74, 6) is -1.39. The largest absolute Gasteiger partial charge is 0.496 e. The van der Waals surface area contributed by atoms with Crippen LogP contribution in [-0.4, -0.2) is 87.7 Å². The molecule has 0 bridgehead atoms. The molecule has 3 aliphatic rings. The summed E-state index contributed by atoms with van der Waals surface area (Å²) in [5.41, 5.74) is -2.24. The van der Waals surface area contributed by atoms with E-state index in [9.17, 15) is 22.8 Å². The summed E-state index contributed by atoms with van der Waals surface area (Å²) in [6.07, 6.45) is -5.69. The van der Waals surface area contributed by atoms with Gasteiger partial charge in [-0.2, -0.15) is 18.3 Å². The van der Waals surface area contributed by atoms with Gasteiger partial charge in [-0.1, -0.05) is 12.1 Å². The molecule has 0 spiro atoms. The van der Waals surface area contributed by atoms with Crippen molar-refractivity contribution in [2.75, 3.05) is 39.6 Å². The SMILES string of the molecule is [2H]C([2H])([2H])Oc1cccc([C@@H]2[C@H](N3C([2H])([2H])C([2H])([2H])N(C(=O)OC(C)(C)C)C([2H])([2H])C3([2H])[2H])CCN2C(=O)Cn2nc(C3CC3)cc2C(F)(F)F)c1C. The number of halogens is 3. The van der Waals surface area contributed by atoms with Crippen molar-refractivity contribution in [1.82, 2.24) is 24.5 Å². The molecule has 42 heavy (non-hydrogen) atoms. The first kappa shape index (κ1) is 19.1. The fourth-order valence-electron chi connectivity index (χ4n) is 5.18. The van der Waals surface area contributed by atoms with E-state index in [1.165, 1.54) is 45.9 Å². The van der Waals surface area contributed by atoms with Gasteiger partial charge >= 0.3 is 12.3 Å². The maximum Gasteiger partial charge on any atom is 0.433 e. The number of aromatic nitrogens is 2. The standard InChI is InChI=1S/C30H40F3N5O4/c1-19-21(7-6-8-24(19)41-5)27-23(35-13-15-36(16-14-35)28(40)42-29(2,3)4)11-12-37(27)26(39)18-38-25(30(31,32)33)17-22(34-38)20-9-10-20/h6-8,17,20,23,27H,9-16,18H2,1-5H3/t23-,27-/m1/s1/i5D3,13D2,14D2,15D2,16D2. The van der Waals surface area contributed by atoms with Gasteiger partial charge in [0, 0.05) is 50.0 Å². The molecule has 1 saturated carbocycles. The predicted molar refractivity (Wildman–Crippen MR) is 149 cm³/mol. The maximum atomic E-state index is 14.1. The number of likely N-dealkylation sites (tertiary alicyclic amines) is 1. The lowest BCUT2D eigenvalue weighted by Gasteiger charge is -2.41. The molecule has 230 valence electrons. The molecule has 1 aliphatic carbocycles. The summed E-state index contributed by atoms with van der Waals surface area (Å²) in [6, 6.07) is 1.68. The Morgan fingerprint density at radius 3 is 2.45 bits per heavy atom. The number of alkyl halides is 3. The first-order valence-electron chi connectivity index (χ1n) is 19.0. The van der Waals surface area contributed by atoms with E-state index in [1.807, 2.05) is 0 Å². The molecule has 1 aromatic carbocycles. The molecule has 2 saturated heterocycles. The Morgan fingerprint density at radius 1 is 1.12 bits per heavy atom. The zero-order chi connectivity index (χ0) is 40.1. The minimum absolute atomic E-state index is 0.0417. The number of benzene rings is 1. The average Bonchev–Trinajstić information content (AvgIpc) is 3.58. The smallest absolute Gasteiger partial charge is 0.433 e. The number of carbonyl (C=O) groups excluding carboxylic acids is 2. The third-order valence-corrected chi connectivity index (χ3v) is 7.28. The van der Waals surface area contributed by atoms with E-state index in [1.54, 1.807) is 0 Å². The lowest BCUT2D eigenvalue weighted by molar-refractivity contribution is -0.146. The number of amides is 2. The number of ether oxygens (including phenoxy) is 2. The van der Waals surface area contributed by atoms with Crippen LogP contribution in [0.2, 0.25) is 0 Å². The van der Waals surface area contributed by atoms with Gasteiger partial charge in [0.1, 0.15) is 23.6 Å². The monoisotopic (exact) mass is 602 g/mol. The highest BCUT2D eigenvalue weighted by Crippen LogP contribution is 2.43. The van der Waals surface area contributed by atoms with Crippen LogP contribution in [0.4, 0.5) is 18.0 Å². The fourth-order valence-corrected chi connectivity index (χ4v) is 5.18. The third-order valence-electron chi connectivity index (χ3n) is 7.28. The summed E-state index contributed by atoms with van der Waals surface area (Å²) < 4.78 is 147. The van der Waals surface area contributed by atoms with Crippen LogP contribution < -0.4 is 4.74 Å². The average molecular weight is 603 g/mol. The van der Waals surface area contributed by atoms with Crippen LogP contribution >= 0.6 is 0 Å². The second-order valence-electron chi connectivity index (χ2n) is 11.5. The van der Waals surface area contributed by atoms with Crippen LogP contribution in [-0.2, 0) is 22.3 Å². The van der Waals surface area contributed by atoms with Gasteiger partial charge in [0.05, 0.1) is 28.4 Å². The van der Waals surface area contributed by atoms with Gasteiger partial charge < -0.3 is 19.3 Å². The normalized spacial score (nSPS) is 31.0. The van der Waals surface area contributed by atoms with Gasteiger partial charge in [-0.25, -0.2) is 4.79 Å². The van der Waals surface area contributed by atoms with Crippen molar-refractivity contribution in [2.24, 2.45) is 0 Å². The number of carbonyl (C=O) groups is 2. The molecule has 2 amide bonds. The zero-order valence-electron chi connectivity index (χ0n) is 34.6. The second kappa shape index (κ2) is 11.4. The summed E-state index contributed by atoms with van der Waals surface area (Å²) in [5, 5.41) is 4.05. The van der Waals surface area contributed by atoms with Crippen molar-refractivity contribution in [2.45, 2.75) is 83.3 Å². The summed E-state index contributed by atoms with van der Waals surface area (Å²) >= 11 is 0. The number of hydrogen-bond donors (Lipinski definition) is 0. The van der Waals surface area contributed by atoms with E-state index < -0.39 is 81.1 Å². The molecule has 2 aromatic rings. The molecule has 2 aliphatic heterocycles. The van der Waals surface area contributed by atoms with Crippen molar-refractivity contribution in [3.8, 4) is 5.75 Å². The van der Waals surface area contributed by atoms with E-state index in [2.05, 4.69) is 5.10 Å². The molecule has 0 unspecified atom stereocenters. The number of piperazine rings is 1. The highest BCUT2D eigenvalue weighted by atomic mass is 19.4. The van der Waals surface area contributed by atoms with Crippen LogP contribution in [0.3, 0.4) is 0 Å². The molecule has 12 heteroatoms. The Balaban J connectivity index is 1.65. The Bertz CT molecular complexity index is 1730. The second-order valence-corrected chi connectivity index (χ2v) is 11.5. The highest BCUT2D eigenvalue weighted by molar-refractivity contribution is 5.77. The summed E-state index contributed by atoms with van der Waals surface area (Å²) in [7, 11) is -2.96. The van der Waals surface area contributed by atoms with Crippen molar-refractivity contribution < 1.29 is 47.3 Å². The molecule has 3 fully saturated rings. The molecule has 2 atom stereocenters. The quantitative estimate of drug-likeness (QED) is 0.464. The van der Waals surface area contributed by atoms with Crippen LogP contribution in [0.15, 0.2) is 24.3 Å². The lowest BCUT2D eigenvalue weighted by atomic mass is 9.93. The fraction of sp³-hybridized carbons (Fsp3) is 0.633. The van der Waals surface area contributed by atoms with Crippen molar-refractivity contribution in [3.05, 3.63) is 46.8 Å². The topological polar surface area (TPSA) is 80.1 Å². The predicted octanol–water partition coefficient (Wildman–Crippen LogP) is 4.99. The van der Waals surface area contributed by atoms with E-state index >= 15 is 0 Å². The van der Waals surface area contributed by atoms with Gasteiger partial charge in [-0.05, 0) is 70.2 Å². The van der Waals surface area contributed by atoms with Gasteiger partial charge in [-0.15, -0.1) is 0 Å². The zero-order valence-corrected chi connectivity index (χ0v) is 23.6. The van der Waals surface area contributed by atoms with Gasteiger partial charge in [0.25, 0.3) is 0 Å². The lowest BCUT2D eigenvalue weighted by Crippen LogP contribution is -2.54. The Kier molecular flexibility index (Phi) is 5.19. The van der Waals surface area contributed by atoms with E-state index in [-0.39, 0.29) is 51.3 Å². The maximum absolute atomic E-state index is 14.1. The number of hydrogen-bond acceptors (Lipinski definition) is 6. The van der Waals surface area contributed by atoms with Crippen molar-refractivity contribution in [1.29, 1.82) is 0 Å². The Morgan fingerprint density at radius 2 is 1.83 bits per heavy atom. The van der Waals surface area contributed by atoms with E-state index in [0.29, 0.717) is 17.5 Å². The molecule has 0 radical (unpaired) electrons. The van der Waals surface area contributed by atoms with Crippen LogP contribution in [0.1, 0.15) is 89.6 Å². The van der Waals surface area contributed by atoms with Crippen molar-refractivity contribution in [3.63, 3.8) is 0 Å². The van der Waals surface area contributed by atoms with E-state index in [0.717, 1.165) is 11.0 Å². The molecule has 3 heterocycles. The first-order chi connectivity index (χ1) is 23.9. The highest BCUT2D eigenvalue weighted by Gasteiger charge is 2.44. The van der Waals surface area contributed by atoms with Crippen molar-refractivity contribution >= 4 is 12.0 Å². The van der Waals surface area contributed by atoms with Crippen LogP contribution in [0.5, 0.6) is 5.75 Å². The van der Waals surface area contributed by atoms with E-state index in [4.69, 9.17) is 24.6 Å². The summed E-state index contributed by atoms with van der Waals surface area (Å²) in [4.78, 5) is 28.4. The molecule has 1 aromatic heterocycles. The first-order valence-corrected chi connectivity index (χ1v) is 13.5. The minimum atomic E-state index is -4.89. The number of methoxy groups -OCH3 is 1. The third kappa shape index (κ3) is 6.38. The number of rotatable bonds is 6. The van der Waals surface area contributed by atoms with Crippen LogP contribution in [0.25, 0.3) is 0 Å². The Labute approximate surface area is 260 Å².